The molecule has 0 bridgehead atoms. The van der Waals surface area contributed by atoms with E-state index < -0.39 is 0 Å². The molecule has 0 radical (unpaired) electrons. The Kier molecular flexibility index (Phi) is 5.45. The standard InChI is InChI=1S/C21H22N4O2/c1-14-17-7-5-4-6-16(17)8-9-18(14)20(26)23-10-11-25(3)21(27)19-12-22-13-24-15(19)2/h4-9,12-13H,10-11H2,1-3H3,(H,23,26). The minimum Gasteiger partial charge on any atom is -0.350 e. The summed E-state index contributed by atoms with van der Waals surface area (Å²) in [6.45, 7) is 4.48. The van der Waals surface area contributed by atoms with Crippen LogP contribution < -0.4 is 5.32 Å². The Hall–Kier alpha value is -3.28. The molecule has 6 nitrogen and oxygen atoms in total. The van der Waals surface area contributed by atoms with Gasteiger partial charge in [0.25, 0.3) is 11.8 Å². The van der Waals surface area contributed by atoms with Crippen LogP contribution in [-0.2, 0) is 0 Å². The fourth-order valence-electron chi connectivity index (χ4n) is 3.01. The molecule has 1 N–H and O–H groups in total. The minimum atomic E-state index is -0.163. The highest BCUT2D eigenvalue weighted by Crippen LogP contribution is 2.21. The summed E-state index contributed by atoms with van der Waals surface area (Å²) in [7, 11) is 1.70. The summed E-state index contributed by atoms with van der Waals surface area (Å²) in [5.74, 6) is -0.303. The lowest BCUT2D eigenvalue weighted by Crippen LogP contribution is -2.36. The molecule has 0 aliphatic heterocycles. The van der Waals surface area contributed by atoms with E-state index in [1.807, 2.05) is 43.3 Å². The average molecular weight is 362 g/mol. The number of nitrogens with one attached hydrogen (secondary N) is 1. The summed E-state index contributed by atoms with van der Waals surface area (Å²) < 4.78 is 0. The molecule has 2 aromatic carbocycles. The Morgan fingerprint density at radius 2 is 1.85 bits per heavy atom. The number of carbonyl (C=O) groups is 2. The van der Waals surface area contributed by atoms with Crippen molar-refractivity contribution >= 4 is 22.6 Å². The zero-order valence-electron chi connectivity index (χ0n) is 15.7. The zero-order chi connectivity index (χ0) is 19.4. The Morgan fingerprint density at radius 1 is 1.07 bits per heavy atom. The molecule has 27 heavy (non-hydrogen) atoms. The van der Waals surface area contributed by atoms with Crippen molar-refractivity contribution in [2.75, 3.05) is 20.1 Å². The van der Waals surface area contributed by atoms with Gasteiger partial charge in [-0.2, -0.15) is 0 Å². The highest BCUT2D eigenvalue weighted by Gasteiger charge is 2.16. The van der Waals surface area contributed by atoms with Gasteiger partial charge in [0.05, 0.1) is 11.3 Å². The first kappa shape index (κ1) is 18.5. The van der Waals surface area contributed by atoms with Gasteiger partial charge in [0.1, 0.15) is 6.33 Å². The maximum absolute atomic E-state index is 12.6. The first-order chi connectivity index (χ1) is 13.0. The molecule has 0 unspecified atom stereocenters. The third-order valence-corrected chi connectivity index (χ3v) is 4.66. The lowest BCUT2D eigenvalue weighted by atomic mass is 10.00. The number of fused-ring (bicyclic) bond motifs is 1. The van der Waals surface area contributed by atoms with Crippen LogP contribution in [0.1, 0.15) is 32.0 Å². The fourth-order valence-corrected chi connectivity index (χ4v) is 3.01. The summed E-state index contributed by atoms with van der Waals surface area (Å²) in [6, 6.07) is 11.8. The van der Waals surface area contributed by atoms with Crippen LogP contribution in [0.25, 0.3) is 10.8 Å². The summed E-state index contributed by atoms with van der Waals surface area (Å²) in [5, 5.41) is 5.07. The summed E-state index contributed by atoms with van der Waals surface area (Å²) >= 11 is 0. The number of hydrogen-bond donors (Lipinski definition) is 1. The molecule has 6 heteroatoms. The van der Waals surface area contributed by atoms with Crippen molar-refractivity contribution in [3.8, 4) is 0 Å². The first-order valence-electron chi connectivity index (χ1n) is 8.77. The molecule has 3 rings (SSSR count). The lowest BCUT2D eigenvalue weighted by Gasteiger charge is -2.18. The average Bonchev–Trinajstić information content (AvgIpc) is 2.68. The highest BCUT2D eigenvalue weighted by atomic mass is 16.2. The molecule has 1 aromatic heterocycles. The number of aromatic nitrogens is 2. The second-order valence-corrected chi connectivity index (χ2v) is 6.46. The van der Waals surface area contributed by atoms with Gasteiger partial charge < -0.3 is 10.2 Å². The van der Waals surface area contributed by atoms with E-state index in [1.54, 1.807) is 18.9 Å². The Balaban J connectivity index is 1.62. The third-order valence-electron chi connectivity index (χ3n) is 4.66. The predicted molar refractivity (Wildman–Crippen MR) is 105 cm³/mol. The second-order valence-electron chi connectivity index (χ2n) is 6.46. The van der Waals surface area contributed by atoms with E-state index in [1.165, 1.54) is 12.5 Å². The molecule has 1 heterocycles. The van der Waals surface area contributed by atoms with Crippen LogP contribution in [0.2, 0.25) is 0 Å². The number of rotatable bonds is 5. The van der Waals surface area contributed by atoms with E-state index in [0.29, 0.717) is 29.9 Å². The minimum absolute atomic E-state index is 0.140. The number of likely N-dealkylation sites (N-methyl/N-ethyl adjacent to an activating group) is 1. The van der Waals surface area contributed by atoms with Crippen LogP contribution in [0.5, 0.6) is 0 Å². The highest BCUT2D eigenvalue weighted by molar-refractivity contribution is 6.01. The SMILES string of the molecule is Cc1ncncc1C(=O)N(C)CCNC(=O)c1ccc2ccccc2c1C. The maximum atomic E-state index is 12.6. The van der Waals surface area contributed by atoms with Crippen molar-refractivity contribution in [2.45, 2.75) is 13.8 Å². The third kappa shape index (κ3) is 3.95. The molecule has 2 amide bonds. The van der Waals surface area contributed by atoms with Crippen LogP contribution in [0.15, 0.2) is 48.9 Å². The number of benzene rings is 2. The predicted octanol–water partition coefficient (Wildman–Crippen LogP) is 2.75. The zero-order valence-corrected chi connectivity index (χ0v) is 15.7. The van der Waals surface area contributed by atoms with Gasteiger partial charge in [0.2, 0.25) is 0 Å². The van der Waals surface area contributed by atoms with Crippen LogP contribution in [0.4, 0.5) is 0 Å². The number of carbonyl (C=O) groups excluding carboxylic acids is 2. The van der Waals surface area contributed by atoms with Crippen LogP contribution >= 0.6 is 0 Å². The van der Waals surface area contributed by atoms with E-state index in [2.05, 4.69) is 15.3 Å². The molecule has 0 aliphatic rings. The summed E-state index contributed by atoms with van der Waals surface area (Å²) in [6.07, 6.45) is 2.93. The van der Waals surface area contributed by atoms with Gasteiger partial charge >= 0.3 is 0 Å². The Labute approximate surface area is 158 Å². The monoisotopic (exact) mass is 362 g/mol. The quantitative estimate of drug-likeness (QED) is 0.757. The van der Waals surface area contributed by atoms with Crippen molar-refractivity contribution in [3.63, 3.8) is 0 Å². The Morgan fingerprint density at radius 3 is 2.63 bits per heavy atom. The van der Waals surface area contributed by atoms with Crippen molar-refractivity contribution in [3.05, 3.63) is 71.3 Å². The van der Waals surface area contributed by atoms with Crippen LogP contribution in [0.3, 0.4) is 0 Å². The molecule has 0 fully saturated rings. The molecule has 138 valence electrons. The lowest BCUT2D eigenvalue weighted by molar-refractivity contribution is 0.0785. The van der Waals surface area contributed by atoms with E-state index in [9.17, 15) is 9.59 Å². The van der Waals surface area contributed by atoms with E-state index in [4.69, 9.17) is 0 Å². The molecule has 0 spiro atoms. The summed E-state index contributed by atoms with van der Waals surface area (Å²) in [5.41, 5.74) is 2.71. The summed E-state index contributed by atoms with van der Waals surface area (Å²) in [4.78, 5) is 34.5. The molecule has 0 saturated carbocycles. The Bertz CT molecular complexity index is 1000. The fraction of sp³-hybridized carbons (Fsp3) is 0.238. The molecule has 0 saturated heterocycles. The molecule has 0 atom stereocenters. The molecular formula is C21H22N4O2. The van der Waals surface area contributed by atoms with Crippen molar-refractivity contribution in [1.29, 1.82) is 0 Å². The van der Waals surface area contributed by atoms with Gasteiger partial charge in [-0.05, 0) is 36.2 Å². The van der Waals surface area contributed by atoms with Crippen LogP contribution in [-0.4, -0.2) is 46.8 Å². The number of aryl methyl sites for hydroxylation is 2. The first-order valence-corrected chi connectivity index (χ1v) is 8.77. The smallest absolute Gasteiger partial charge is 0.257 e. The van der Waals surface area contributed by atoms with Gasteiger partial charge in [-0.3, -0.25) is 9.59 Å². The molecule has 0 aliphatic carbocycles. The van der Waals surface area contributed by atoms with Gasteiger partial charge in [0.15, 0.2) is 0 Å². The number of hydrogen-bond acceptors (Lipinski definition) is 4. The van der Waals surface area contributed by atoms with Gasteiger partial charge in [-0.15, -0.1) is 0 Å². The molecular weight excluding hydrogens is 340 g/mol. The van der Waals surface area contributed by atoms with Crippen molar-refractivity contribution < 1.29 is 9.59 Å². The number of nitrogens with zero attached hydrogens (tertiary/aromatic N) is 3. The molecule has 3 aromatic rings. The number of amides is 2. The van der Waals surface area contributed by atoms with Crippen molar-refractivity contribution in [2.24, 2.45) is 0 Å². The van der Waals surface area contributed by atoms with Gasteiger partial charge in [-0.25, -0.2) is 9.97 Å². The van der Waals surface area contributed by atoms with Gasteiger partial charge in [0, 0.05) is 31.9 Å². The second kappa shape index (κ2) is 7.95. The van der Waals surface area contributed by atoms with E-state index >= 15 is 0 Å². The van der Waals surface area contributed by atoms with E-state index in [-0.39, 0.29) is 11.8 Å². The van der Waals surface area contributed by atoms with Crippen LogP contribution in [0, 0.1) is 13.8 Å². The normalized spacial score (nSPS) is 10.6. The van der Waals surface area contributed by atoms with Crippen molar-refractivity contribution in [1.82, 2.24) is 20.2 Å². The topological polar surface area (TPSA) is 75.2 Å². The largest absolute Gasteiger partial charge is 0.350 e. The van der Waals surface area contributed by atoms with E-state index in [0.717, 1.165) is 16.3 Å². The maximum Gasteiger partial charge on any atom is 0.257 e. The van der Waals surface area contributed by atoms with Gasteiger partial charge in [-0.1, -0.05) is 30.3 Å².